The minimum absolute atomic E-state index is 0.0304. The van der Waals surface area contributed by atoms with Crippen molar-refractivity contribution in [1.82, 2.24) is 18.3 Å². The average Bonchev–Trinajstić information content (AvgIpc) is 1.57. The Morgan fingerprint density at radius 2 is 0.574 bits per heavy atom. The lowest BCUT2D eigenvalue weighted by Gasteiger charge is -2.22. The third-order valence-electron chi connectivity index (χ3n) is 25.5. The predicted molar refractivity (Wildman–Crippen MR) is 517 cm³/mol. The van der Waals surface area contributed by atoms with Crippen LogP contribution in [0.4, 0.5) is 0 Å². The Balaban J connectivity index is 0.000000100. The first kappa shape index (κ1) is 74.4. The second kappa shape index (κ2) is 29.7. The summed E-state index contributed by atoms with van der Waals surface area (Å²) in [4.78, 5) is 0. The molecule has 0 spiro atoms. The van der Waals surface area contributed by atoms with Crippen molar-refractivity contribution in [3.05, 3.63) is 385 Å². The number of rotatable bonds is 6. The number of fused-ring (bicyclic) bond motifs is 21. The van der Waals surface area contributed by atoms with Gasteiger partial charge in [-0.3, -0.25) is 0 Å². The van der Waals surface area contributed by atoms with E-state index in [4.69, 9.17) is 0 Å². The highest BCUT2D eigenvalue weighted by Crippen LogP contribution is 2.51. The summed E-state index contributed by atoms with van der Waals surface area (Å²) in [7, 11) is 8.28. The molecule has 6 aromatic heterocycles. The number of aromatic nitrogens is 4. The fourth-order valence-electron chi connectivity index (χ4n) is 19.5. The zero-order valence-electron chi connectivity index (χ0n) is 68.4. The fraction of sp³-hybridized carbons (Fsp3) is 0.0708. The maximum absolute atomic E-state index is 9.58. The van der Waals surface area contributed by atoms with Gasteiger partial charge in [0, 0.05) is 139 Å². The molecule has 578 valence electrons. The molecule has 0 bridgehead atoms. The lowest BCUT2D eigenvalue weighted by Crippen LogP contribution is -2.14. The molecule has 0 atom stereocenters. The highest BCUT2D eigenvalue weighted by Gasteiger charge is 2.35. The molecule has 24 rings (SSSR count). The first-order valence-electron chi connectivity index (χ1n) is 41.2. The molecule has 122 heavy (non-hydrogen) atoms. The molecule has 0 aliphatic heterocycles. The molecule has 0 amide bonds. The molecule has 17 aromatic carbocycles. The van der Waals surface area contributed by atoms with Crippen molar-refractivity contribution >= 4 is 150 Å². The molecule has 0 saturated carbocycles. The summed E-state index contributed by atoms with van der Waals surface area (Å²) in [5.74, 6) is 0. The van der Waals surface area contributed by atoms with Crippen LogP contribution in [0.3, 0.4) is 0 Å². The van der Waals surface area contributed by atoms with Crippen molar-refractivity contribution in [2.75, 3.05) is 0 Å². The quantitative estimate of drug-likeness (QED) is 0.166. The van der Waals surface area contributed by atoms with E-state index < -0.39 is 0 Å². The second-order valence-corrected chi connectivity index (χ2v) is 34.8. The largest absolute Gasteiger partial charge is 0.343 e. The van der Waals surface area contributed by atoms with Crippen LogP contribution in [0.5, 0.6) is 0 Å². The van der Waals surface area contributed by atoms with Crippen LogP contribution in [0.25, 0.3) is 205 Å². The van der Waals surface area contributed by atoms with Crippen LogP contribution in [0.15, 0.2) is 352 Å². The molecular formula is C113H79N7S2. The lowest BCUT2D eigenvalue weighted by molar-refractivity contribution is 0.660. The number of thiophene rings is 2. The zero-order chi connectivity index (χ0) is 82.8. The van der Waals surface area contributed by atoms with Gasteiger partial charge in [0.05, 0.1) is 38.8 Å². The Bertz CT molecular complexity index is 8390. The Kier molecular flexibility index (Phi) is 18.1. The smallest absolute Gasteiger partial charge is 0.101 e. The number of aryl methyl sites for hydroxylation is 5. The molecule has 7 nitrogen and oxygen atoms in total. The third-order valence-corrected chi connectivity index (χ3v) is 27.9. The monoisotopic (exact) mass is 1600 g/mol. The molecule has 6 heterocycles. The normalized spacial score (nSPS) is 12.1. The average molecular weight is 1600 g/mol. The van der Waals surface area contributed by atoms with Crippen molar-refractivity contribution in [1.29, 1.82) is 15.8 Å². The highest BCUT2D eigenvalue weighted by molar-refractivity contribution is 7.26. The van der Waals surface area contributed by atoms with Crippen LogP contribution in [0.2, 0.25) is 0 Å². The van der Waals surface area contributed by atoms with Crippen LogP contribution in [0, 0.1) is 40.9 Å². The van der Waals surface area contributed by atoms with E-state index in [2.05, 4.69) is 374 Å². The van der Waals surface area contributed by atoms with Crippen molar-refractivity contribution in [3.8, 4) is 96.1 Å². The van der Waals surface area contributed by atoms with E-state index in [9.17, 15) is 15.8 Å². The molecule has 0 radical (unpaired) electrons. The summed E-state index contributed by atoms with van der Waals surface area (Å²) in [5.41, 5.74) is 32.8. The van der Waals surface area contributed by atoms with Gasteiger partial charge < -0.3 is 18.3 Å². The van der Waals surface area contributed by atoms with E-state index in [1.54, 1.807) is 0 Å². The van der Waals surface area contributed by atoms with E-state index in [1.165, 1.54) is 173 Å². The first-order valence-corrected chi connectivity index (χ1v) is 42.9. The number of hydrogen-bond acceptors (Lipinski definition) is 5. The van der Waals surface area contributed by atoms with Gasteiger partial charge in [-0.05, 0) is 205 Å². The van der Waals surface area contributed by atoms with Gasteiger partial charge in [-0.2, -0.15) is 15.8 Å². The summed E-state index contributed by atoms with van der Waals surface area (Å²) in [6.07, 6.45) is 0. The zero-order valence-corrected chi connectivity index (χ0v) is 70.1. The number of benzene rings is 17. The van der Waals surface area contributed by atoms with Gasteiger partial charge in [-0.25, -0.2) is 0 Å². The van der Waals surface area contributed by atoms with Crippen LogP contribution < -0.4 is 0 Å². The molecule has 0 fully saturated rings. The minimum Gasteiger partial charge on any atom is -0.343 e. The maximum Gasteiger partial charge on any atom is 0.101 e. The molecule has 9 heteroatoms. The fourth-order valence-corrected chi connectivity index (χ4v) is 21.8. The number of para-hydroxylation sites is 4. The number of nitriles is 3. The molecule has 23 aromatic rings. The SMILES string of the molecule is Cc1cccc2c3cc(-c4ccc5c(c4)C(C)(C)c4ccccc4-5)ccc3n(C)c12.Cn1c2ccc(-c3ccc4sc5ccccc5c4c3)cc2c2cccc(C#N)c21.Cn1c2ccc(-c3cccc(-c4ccc(-c5ccccc5)cc4)c3)cc2c2cccc(C#N)c21.Cn1c2ccc(-c3cccc4c3sc3ccccc34)cc2c2cccc(C#N)c21. The van der Waals surface area contributed by atoms with E-state index in [0.717, 1.165) is 49.3 Å². The maximum atomic E-state index is 9.58. The van der Waals surface area contributed by atoms with Crippen LogP contribution >= 0.6 is 22.7 Å². The van der Waals surface area contributed by atoms with E-state index in [-0.39, 0.29) is 5.41 Å². The third kappa shape index (κ3) is 12.2. The Hall–Kier alpha value is -15.2. The summed E-state index contributed by atoms with van der Waals surface area (Å²) in [6.45, 7) is 6.89. The Morgan fingerprint density at radius 1 is 0.238 bits per heavy atom. The van der Waals surface area contributed by atoms with E-state index in [0.29, 0.717) is 16.7 Å². The van der Waals surface area contributed by atoms with Crippen molar-refractivity contribution in [2.24, 2.45) is 28.2 Å². The predicted octanol–water partition coefficient (Wildman–Crippen LogP) is 30.3. The van der Waals surface area contributed by atoms with Gasteiger partial charge in [-0.1, -0.05) is 263 Å². The Labute approximate surface area is 714 Å². The Morgan fingerprint density at radius 3 is 1.13 bits per heavy atom. The van der Waals surface area contributed by atoms with Gasteiger partial charge in [0.25, 0.3) is 0 Å². The van der Waals surface area contributed by atoms with Crippen molar-refractivity contribution in [3.63, 3.8) is 0 Å². The standard InChI is InChI=1S/C32H22N2.C29H25N.2C26H16N2S/c1-34-31-18-17-27(20-30(31)29-12-6-11-28(21-33)32(29)34)26-10-5-9-25(19-26)24-15-13-23(14-16-24)22-7-3-2-4-8-22;1-18-8-7-10-23-24-16-19(13-15-27(24)30(4)28(18)23)20-12-14-22-21-9-5-6-11-25(21)29(2,3)26(22)17-20;1-28-23-13-12-16(14-22(23)20-9-4-6-17(15-27)25(20)28)18-8-5-10-21-19-7-2-3-11-24(19)29-26(18)21;1-28-23-11-9-16(13-21(23)20-7-4-5-18(15-27)26(20)28)17-10-12-25-22(14-17)19-6-2-3-8-24(19)29-25/h2-20H,1H3;5-17H,1-4H3;2*2-14H,1H3. The van der Waals surface area contributed by atoms with Gasteiger partial charge in [0.15, 0.2) is 0 Å². The van der Waals surface area contributed by atoms with Crippen LogP contribution in [-0.2, 0) is 33.6 Å². The summed E-state index contributed by atoms with van der Waals surface area (Å²) < 4.78 is 14.0. The molecule has 0 unspecified atom stereocenters. The highest BCUT2D eigenvalue weighted by atomic mass is 32.1. The number of hydrogen-bond donors (Lipinski definition) is 0. The minimum atomic E-state index is 0.0304. The summed E-state index contributed by atoms with van der Waals surface area (Å²) in [5, 5.41) is 43.5. The molecular weight excluding hydrogens is 1520 g/mol. The van der Waals surface area contributed by atoms with Gasteiger partial charge in [-0.15, -0.1) is 22.7 Å². The van der Waals surface area contributed by atoms with E-state index >= 15 is 0 Å². The summed E-state index contributed by atoms with van der Waals surface area (Å²) in [6, 6.07) is 133. The summed E-state index contributed by atoms with van der Waals surface area (Å²) >= 11 is 3.70. The number of nitrogens with zero attached hydrogens (tertiary/aromatic N) is 7. The van der Waals surface area contributed by atoms with Gasteiger partial charge >= 0.3 is 0 Å². The lowest BCUT2D eigenvalue weighted by atomic mass is 9.81. The molecule has 1 aliphatic carbocycles. The van der Waals surface area contributed by atoms with E-state index in [1.807, 2.05) is 86.3 Å². The topological polar surface area (TPSA) is 91.1 Å². The van der Waals surface area contributed by atoms with Gasteiger partial charge in [0.1, 0.15) is 18.2 Å². The van der Waals surface area contributed by atoms with Crippen molar-refractivity contribution in [2.45, 2.75) is 26.2 Å². The molecule has 0 saturated heterocycles. The van der Waals surface area contributed by atoms with Crippen LogP contribution in [0.1, 0.15) is 47.2 Å². The van der Waals surface area contributed by atoms with Gasteiger partial charge in [0.2, 0.25) is 0 Å². The first-order chi connectivity index (χ1) is 59.7. The second-order valence-electron chi connectivity index (χ2n) is 32.6. The molecule has 1 aliphatic rings. The molecule has 0 N–H and O–H groups in total. The van der Waals surface area contributed by atoms with Crippen molar-refractivity contribution < 1.29 is 0 Å². The van der Waals surface area contributed by atoms with Crippen LogP contribution in [-0.4, -0.2) is 18.3 Å².